The number of rotatable bonds is 4. The van der Waals surface area contributed by atoms with Crippen LogP contribution < -0.4 is 0 Å². The zero-order valence-corrected chi connectivity index (χ0v) is 15.6. The lowest BCUT2D eigenvalue weighted by molar-refractivity contribution is -0.138. The van der Waals surface area contributed by atoms with Crippen LogP contribution in [0.2, 0.25) is 0 Å². The predicted molar refractivity (Wildman–Crippen MR) is 103 cm³/mol. The molecule has 0 atom stereocenters. The lowest BCUT2D eigenvalue weighted by Gasteiger charge is -2.35. The van der Waals surface area contributed by atoms with Crippen molar-refractivity contribution in [2.24, 2.45) is 0 Å². The molecule has 2 aromatic carbocycles. The second kappa shape index (κ2) is 8.17. The van der Waals surface area contributed by atoms with Crippen LogP contribution in [0.4, 0.5) is 0 Å². The van der Waals surface area contributed by atoms with Gasteiger partial charge in [-0.05, 0) is 30.5 Å². The number of nitrogens with zero attached hydrogens (tertiary/aromatic N) is 2. The Morgan fingerprint density at radius 2 is 1.42 bits per heavy atom. The molecule has 0 bridgehead atoms. The predicted octanol–water partition coefficient (Wildman–Crippen LogP) is 2.76. The van der Waals surface area contributed by atoms with E-state index < -0.39 is 0 Å². The van der Waals surface area contributed by atoms with Crippen LogP contribution in [0.5, 0.6) is 0 Å². The van der Waals surface area contributed by atoms with Crippen molar-refractivity contribution in [2.45, 2.75) is 26.7 Å². The van der Waals surface area contributed by atoms with Crippen molar-refractivity contribution in [2.75, 3.05) is 26.2 Å². The van der Waals surface area contributed by atoms with E-state index in [0.717, 1.165) is 16.7 Å². The zero-order valence-electron chi connectivity index (χ0n) is 15.6. The van der Waals surface area contributed by atoms with E-state index in [0.29, 0.717) is 39.0 Å². The Labute approximate surface area is 155 Å². The van der Waals surface area contributed by atoms with Gasteiger partial charge in [0, 0.05) is 26.2 Å². The maximum absolute atomic E-state index is 12.5. The fraction of sp³-hybridized carbons (Fsp3) is 0.364. The van der Waals surface area contributed by atoms with E-state index in [-0.39, 0.29) is 11.8 Å². The van der Waals surface area contributed by atoms with Crippen LogP contribution in [0.3, 0.4) is 0 Å². The van der Waals surface area contributed by atoms with E-state index in [2.05, 4.69) is 6.07 Å². The van der Waals surface area contributed by atoms with Crippen molar-refractivity contribution in [3.8, 4) is 0 Å². The van der Waals surface area contributed by atoms with Gasteiger partial charge < -0.3 is 9.80 Å². The molecule has 0 aromatic heterocycles. The SMILES string of the molecule is Cc1cccc(CC(=O)N2CCN(C(=O)Cc3ccccc3C)CC2)c1. The highest BCUT2D eigenvalue weighted by Gasteiger charge is 2.24. The third-order valence-electron chi connectivity index (χ3n) is 5.03. The van der Waals surface area contributed by atoms with Gasteiger partial charge in [-0.1, -0.05) is 54.1 Å². The van der Waals surface area contributed by atoms with E-state index in [1.54, 1.807) is 0 Å². The number of hydrogen-bond donors (Lipinski definition) is 0. The van der Waals surface area contributed by atoms with Gasteiger partial charge in [0.2, 0.25) is 11.8 Å². The Kier molecular flexibility index (Phi) is 5.71. The third kappa shape index (κ3) is 4.51. The molecule has 0 N–H and O–H groups in total. The smallest absolute Gasteiger partial charge is 0.227 e. The summed E-state index contributed by atoms with van der Waals surface area (Å²) >= 11 is 0. The summed E-state index contributed by atoms with van der Waals surface area (Å²) in [6.07, 6.45) is 0.864. The molecule has 0 radical (unpaired) electrons. The Morgan fingerprint density at radius 1 is 0.808 bits per heavy atom. The van der Waals surface area contributed by atoms with Crippen LogP contribution in [0.25, 0.3) is 0 Å². The van der Waals surface area contributed by atoms with Crippen molar-refractivity contribution < 1.29 is 9.59 Å². The highest BCUT2D eigenvalue weighted by atomic mass is 16.2. The summed E-state index contributed by atoms with van der Waals surface area (Å²) < 4.78 is 0. The molecule has 1 aliphatic heterocycles. The molecule has 1 fully saturated rings. The molecular formula is C22H26N2O2. The third-order valence-corrected chi connectivity index (χ3v) is 5.03. The molecule has 1 saturated heterocycles. The molecule has 2 aromatic rings. The monoisotopic (exact) mass is 350 g/mol. The van der Waals surface area contributed by atoms with Gasteiger partial charge in [-0.2, -0.15) is 0 Å². The molecule has 0 spiro atoms. The summed E-state index contributed by atoms with van der Waals surface area (Å²) in [4.78, 5) is 28.8. The van der Waals surface area contributed by atoms with Gasteiger partial charge in [0.25, 0.3) is 0 Å². The molecule has 0 aliphatic carbocycles. The highest BCUT2D eigenvalue weighted by molar-refractivity contribution is 5.81. The first kappa shape index (κ1) is 18.2. The van der Waals surface area contributed by atoms with Crippen molar-refractivity contribution in [1.82, 2.24) is 9.80 Å². The Bertz CT molecular complexity index is 792. The number of hydrogen-bond acceptors (Lipinski definition) is 2. The van der Waals surface area contributed by atoms with Gasteiger partial charge in [-0.15, -0.1) is 0 Å². The largest absolute Gasteiger partial charge is 0.339 e. The van der Waals surface area contributed by atoms with E-state index in [9.17, 15) is 9.59 Å². The van der Waals surface area contributed by atoms with Crippen LogP contribution in [0.1, 0.15) is 22.3 Å². The summed E-state index contributed by atoms with van der Waals surface area (Å²) in [6, 6.07) is 16.1. The minimum absolute atomic E-state index is 0.140. The van der Waals surface area contributed by atoms with Crippen LogP contribution >= 0.6 is 0 Å². The van der Waals surface area contributed by atoms with Crippen molar-refractivity contribution in [3.63, 3.8) is 0 Å². The molecule has 4 heteroatoms. The Hall–Kier alpha value is -2.62. The van der Waals surface area contributed by atoms with E-state index in [1.807, 2.05) is 66.1 Å². The summed E-state index contributed by atoms with van der Waals surface area (Å²) in [7, 11) is 0. The van der Waals surface area contributed by atoms with E-state index >= 15 is 0 Å². The molecule has 1 heterocycles. The first-order valence-electron chi connectivity index (χ1n) is 9.18. The maximum atomic E-state index is 12.5. The fourth-order valence-corrected chi connectivity index (χ4v) is 3.40. The van der Waals surface area contributed by atoms with E-state index in [4.69, 9.17) is 0 Å². The second-order valence-electron chi connectivity index (χ2n) is 7.03. The molecule has 136 valence electrons. The lowest BCUT2D eigenvalue weighted by Crippen LogP contribution is -2.51. The van der Waals surface area contributed by atoms with Gasteiger partial charge in [0.15, 0.2) is 0 Å². The number of aryl methyl sites for hydroxylation is 2. The lowest BCUT2D eigenvalue weighted by atomic mass is 10.0. The molecule has 26 heavy (non-hydrogen) atoms. The van der Waals surface area contributed by atoms with Crippen LogP contribution in [-0.4, -0.2) is 47.8 Å². The molecule has 0 saturated carbocycles. The molecular weight excluding hydrogens is 324 g/mol. The standard InChI is InChI=1S/C22H26N2O2/c1-17-6-5-8-19(14-17)15-21(25)23-10-12-24(13-11-23)22(26)16-20-9-4-3-7-18(20)2/h3-9,14H,10-13,15-16H2,1-2H3. The molecule has 2 amide bonds. The maximum Gasteiger partial charge on any atom is 0.227 e. The highest BCUT2D eigenvalue weighted by Crippen LogP contribution is 2.12. The first-order valence-corrected chi connectivity index (χ1v) is 9.18. The van der Waals surface area contributed by atoms with E-state index in [1.165, 1.54) is 5.56 Å². The summed E-state index contributed by atoms with van der Waals surface area (Å²) in [5, 5.41) is 0. The minimum atomic E-state index is 0.140. The average molecular weight is 350 g/mol. The van der Waals surface area contributed by atoms with Crippen LogP contribution in [0, 0.1) is 13.8 Å². The van der Waals surface area contributed by atoms with Crippen LogP contribution in [-0.2, 0) is 22.4 Å². The normalized spacial score (nSPS) is 14.4. The van der Waals surface area contributed by atoms with Gasteiger partial charge in [0.05, 0.1) is 12.8 Å². The van der Waals surface area contributed by atoms with Crippen molar-refractivity contribution in [1.29, 1.82) is 0 Å². The molecule has 1 aliphatic rings. The summed E-state index contributed by atoms with van der Waals surface area (Å²) in [5.41, 5.74) is 4.44. The minimum Gasteiger partial charge on any atom is -0.339 e. The summed E-state index contributed by atoms with van der Waals surface area (Å²) in [6.45, 7) is 6.53. The number of piperazine rings is 1. The van der Waals surface area contributed by atoms with Gasteiger partial charge >= 0.3 is 0 Å². The fourth-order valence-electron chi connectivity index (χ4n) is 3.40. The average Bonchev–Trinajstić information content (AvgIpc) is 2.64. The Morgan fingerprint density at radius 3 is 2.04 bits per heavy atom. The topological polar surface area (TPSA) is 40.6 Å². The van der Waals surface area contributed by atoms with Crippen molar-refractivity contribution >= 4 is 11.8 Å². The number of amides is 2. The molecule has 4 nitrogen and oxygen atoms in total. The first-order chi connectivity index (χ1) is 12.5. The molecule has 0 unspecified atom stereocenters. The number of carbonyl (C=O) groups excluding carboxylic acids is 2. The quantitative estimate of drug-likeness (QED) is 0.851. The van der Waals surface area contributed by atoms with Gasteiger partial charge in [-0.3, -0.25) is 9.59 Å². The second-order valence-corrected chi connectivity index (χ2v) is 7.03. The number of carbonyl (C=O) groups is 2. The zero-order chi connectivity index (χ0) is 18.5. The number of benzene rings is 2. The molecule has 3 rings (SSSR count). The van der Waals surface area contributed by atoms with Crippen molar-refractivity contribution in [3.05, 3.63) is 70.8 Å². The van der Waals surface area contributed by atoms with Crippen LogP contribution in [0.15, 0.2) is 48.5 Å². The Balaban J connectivity index is 1.51. The van der Waals surface area contributed by atoms with Gasteiger partial charge in [0.1, 0.15) is 0 Å². The summed E-state index contributed by atoms with van der Waals surface area (Å²) in [5.74, 6) is 0.284. The van der Waals surface area contributed by atoms with Gasteiger partial charge in [-0.25, -0.2) is 0 Å².